The Kier molecular flexibility index (Phi) is 5.31. The molecule has 1 saturated heterocycles. The van der Waals surface area contributed by atoms with Gasteiger partial charge in [0.1, 0.15) is 5.82 Å². The van der Waals surface area contributed by atoms with Crippen LogP contribution in [0.5, 0.6) is 0 Å². The van der Waals surface area contributed by atoms with Gasteiger partial charge in [0, 0.05) is 30.2 Å². The first-order valence-electron chi connectivity index (χ1n) is 6.98. The van der Waals surface area contributed by atoms with Gasteiger partial charge in [0.05, 0.1) is 13.2 Å². The first-order chi connectivity index (χ1) is 9.16. The lowest BCUT2D eigenvalue weighted by Gasteiger charge is -2.28. The highest BCUT2D eigenvalue weighted by Crippen LogP contribution is 2.17. The maximum Gasteiger partial charge on any atom is 0.127 e. The van der Waals surface area contributed by atoms with Crippen LogP contribution < -0.4 is 10.6 Å². The van der Waals surface area contributed by atoms with Gasteiger partial charge in [-0.3, -0.25) is 0 Å². The largest absolute Gasteiger partial charge is 0.379 e. The Bertz CT molecular complexity index is 393. The van der Waals surface area contributed by atoms with Gasteiger partial charge >= 0.3 is 0 Å². The molecule has 0 saturated carbocycles. The summed E-state index contributed by atoms with van der Waals surface area (Å²) in [6.07, 6.45) is 0.985. The number of morpholine rings is 1. The second-order valence-corrected chi connectivity index (χ2v) is 5.27. The summed E-state index contributed by atoms with van der Waals surface area (Å²) in [5.74, 6) is -0.145. The summed E-state index contributed by atoms with van der Waals surface area (Å²) in [7, 11) is 0. The van der Waals surface area contributed by atoms with E-state index in [0.717, 1.165) is 31.7 Å². The van der Waals surface area contributed by atoms with E-state index in [9.17, 15) is 4.39 Å². The molecule has 1 aliphatic rings. The Morgan fingerprint density at radius 2 is 2.21 bits per heavy atom. The molecule has 106 valence electrons. The van der Waals surface area contributed by atoms with Crippen molar-refractivity contribution in [2.45, 2.75) is 38.4 Å². The van der Waals surface area contributed by atoms with Gasteiger partial charge in [-0.1, -0.05) is 18.2 Å². The third-order valence-electron chi connectivity index (χ3n) is 3.54. The molecule has 2 rings (SSSR count). The van der Waals surface area contributed by atoms with E-state index in [0.29, 0.717) is 12.1 Å². The molecule has 2 N–H and O–H groups in total. The van der Waals surface area contributed by atoms with E-state index in [1.807, 2.05) is 19.1 Å². The van der Waals surface area contributed by atoms with Crippen LogP contribution in [0.25, 0.3) is 0 Å². The molecule has 2 unspecified atom stereocenters. The van der Waals surface area contributed by atoms with Crippen LogP contribution in [0, 0.1) is 5.82 Å². The summed E-state index contributed by atoms with van der Waals surface area (Å²) < 4.78 is 19.1. The van der Waals surface area contributed by atoms with Crippen LogP contribution in [0.4, 0.5) is 4.39 Å². The number of rotatable bonds is 5. The summed E-state index contributed by atoms with van der Waals surface area (Å²) in [5, 5.41) is 6.88. The Morgan fingerprint density at radius 3 is 2.89 bits per heavy atom. The molecule has 1 aromatic rings. The second kappa shape index (κ2) is 6.98. The molecule has 0 amide bonds. The lowest BCUT2D eigenvalue weighted by atomic mass is 10.0. The molecule has 4 heteroatoms. The van der Waals surface area contributed by atoms with Crippen LogP contribution in [0.2, 0.25) is 0 Å². The van der Waals surface area contributed by atoms with Crippen molar-refractivity contribution in [1.29, 1.82) is 0 Å². The Balaban J connectivity index is 1.84. The number of halogens is 1. The highest BCUT2D eigenvalue weighted by atomic mass is 19.1. The van der Waals surface area contributed by atoms with Gasteiger partial charge in [0.15, 0.2) is 0 Å². The number of hydrogen-bond acceptors (Lipinski definition) is 3. The molecule has 0 spiro atoms. The summed E-state index contributed by atoms with van der Waals surface area (Å²) in [6.45, 7) is 6.61. The molecule has 1 heterocycles. The first-order valence-corrected chi connectivity index (χ1v) is 6.98. The number of nitrogens with one attached hydrogen (secondary N) is 2. The summed E-state index contributed by atoms with van der Waals surface area (Å²) in [6, 6.07) is 7.66. The standard InChI is InChI=1S/C15H23FN2O/c1-11(9-13-10-19-8-7-17-13)18-12(2)14-5-3-4-6-15(14)16/h3-6,11-13,17-18H,7-10H2,1-2H3/t11?,12-,13?/m1/s1. The van der Waals surface area contributed by atoms with E-state index in [-0.39, 0.29) is 11.9 Å². The smallest absolute Gasteiger partial charge is 0.127 e. The molecular formula is C15H23FN2O. The van der Waals surface area contributed by atoms with Crippen LogP contribution >= 0.6 is 0 Å². The molecule has 0 bridgehead atoms. The summed E-state index contributed by atoms with van der Waals surface area (Å²) in [4.78, 5) is 0. The van der Waals surface area contributed by atoms with Crippen molar-refractivity contribution in [1.82, 2.24) is 10.6 Å². The molecular weight excluding hydrogens is 243 g/mol. The molecule has 3 atom stereocenters. The van der Waals surface area contributed by atoms with Crippen molar-refractivity contribution in [3.8, 4) is 0 Å². The number of benzene rings is 1. The SMILES string of the molecule is CC(CC1COCCN1)N[C@H](C)c1ccccc1F. The molecule has 3 nitrogen and oxygen atoms in total. The quantitative estimate of drug-likeness (QED) is 0.857. The van der Waals surface area contributed by atoms with Crippen LogP contribution in [-0.4, -0.2) is 31.8 Å². The molecule has 0 aromatic heterocycles. The highest BCUT2D eigenvalue weighted by Gasteiger charge is 2.18. The predicted molar refractivity (Wildman–Crippen MR) is 74.6 cm³/mol. The summed E-state index contributed by atoms with van der Waals surface area (Å²) >= 11 is 0. The Labute approximate surface area is 114 Å². The van der Waals surface area contributed by atoms with Crippen molar-refractivity contribution in [2.24, 2.45) is 0 Å². The van der Waals surface area contributed by atoms with Crippen LogP contribution in [0.3, 0.4) is 0 Å². The lowest BCUT2D eigenvalue weighted by Crippen LogP contribution is -2.45. The minimum atomic E-state index is -0.145. The van der Waals surface area contributed by atoms with Crippen molar-refractivity contribution in [3.63, 3.8) is 0 Å². The van der Waals surface area contributed by atoms with Gasteiger partial charge in [0.25, 0.3) is 0 Å². The maximum absolute atomic E-state index is 13.7. The van der Waals surface area contributed by atoms with E-state index in [4.69, 9.17) is 4.74 Å². The third kappa shape index (κ3) is 4.27. The van der Waals surface area contributed by atoms with Crippen molar-refractivity contribution in [3.05, 3.63) is 35.6 Å². The Morgan fingerprint density at radius 1 is 1.42 bits per heavy atom. The first kappa shape index (κ1) is 14.4. The fourth-order valence-corrected chi connectivity index (χ4v) is 2.61. The second-order valence-electron chi connectivity index (χ2n) is 5.27. The fraction of sp³-hybridized carbons (Fsp3) is 0.600. The van der Waals surface area contributed by atoms with Gasteiger partial charge in [-0.2, -0.15) is 0 Å². The van der Waals surface area contributed by atoms with Gasteiger partial charge in [-0.05, 0) is 26.3 Å². The zero-order chi connectivity index (χ0) is 13.7. The van der Waals surface area contributed by atoms with Gasteiger partial charge in [-0.15, -0.1) is 0 Å². The molecule has 1 aromatic carbocycles. The third-order valence-corrected chi connectivity index (χ3v) is 3.54. The Hall–Kier alpha value is -0.970. The zero-order valence-corrected chi connectivity index (χ0v) is 11.7. The monoisotopic (exact) mass is 266 g/mol. The minimum absolute atomic E-state index is 0.0145. The topological polar surface area (TPSA) is 33.3 Å². The van der Waals surface area contributed by atoms with Crippen molar-refractivity contribution < 1.29 is 9.13 Å². The number of ether oxygens (including phenoxy) is 1. The average Bonchev–Trinajstić information content (AvgIpc) is 2.40. The lowest BCUT2D eigenvalue weighted by molar-refractivity contribution is 0.0708. The van der Waals surface area contributed by atoms with Gasteiger partial charge < -0.3 is 15.4 Å². The van der Waals surface area contributed by atoms with Crippen LogP contribution in [0.15, 0.2) is 24.3 Å². The van der Waals surface area contributed by atoms with Crippen molar-refractivity contribution >= 4 is 0 Å². The predicted octanol–water partition coefficient (Wildman–Crippen LogP) is 2.24. The van der Waals surface area contributed by atoms with Crippen molar-refractivity contribution in [2.75, 3.05) is 19.8 Å². The average molecular weight is 266 g/mol. The molecule has 1 aliphatic heterocycles. The van der Waals surface area contributed by atoms with E-state index in [1.54, 1.807) is 6.07 Å². The van der Waals surface area contributed by atoms with E-state index < -0.39 is 0 Å². The van der Waals surface area contributed by atoms with E-state index >= 15 is 0 Å². The van der Waals surface area contributed by atoms with Crippen LogP contribution in [0.1, 0.15) is 31.9 Å². The van der Waals surface area contributed by atoms with Crippen LogP contribution in [-0.2, 0) is 4.74 Å². The van der Waals surface area contributed by atoms with Gasteiger partial charge in [0.2, 0.25) is 0 Å². The number of hydrogen-bond donors (Lipinski definition) is 2. The zero-order valence-electron chi connectivity index (χ0n) is 11.7. The molecule has 19 heavy (non-hydrogen) atoms. The van der Waals surface area contributed by atoms with E-state index in [2.05, 4.69) is 17.6 Å². The van der Waals surface area contributed by atoms with Gasteiger partial charge in [-0.25, -0.2) is 4.39 Å². The highest BCUT2D eigenvalue weighted by molar-refractivity contribution is 5.20. The van der Waals surface area contributed by atoms with E-state index in [1.165, 1.54) is 6.07 Å². The normalized spacial score (nSPS) is 23.0. The fourth-order valence-electron chi connectivity index (χ4n) is 2.61. The minimum Gasteiger partial charge on any atom is -0.379 e. The molecule has 0 aliphatic carbocycles. The molecule has 0 radical (unpaired) electrons. The molecule has 1 fully saturated rings. The maximum atomic E-state index is 13.7. The summed E-state index contributed by atoms with van der Waals surface area (Å²) in [5.41, 5.74) is 0.724.